The van der Waals surface area contributed by atoms with E-state index in [0.717, 1.165) is 11.8 Å². The fourth-order valence-electron chi connectivity index (χ4n) is 3.15. The molecule has 0 radical (unpaired) electrons. The van der Waals surface area contributed by atoms with Crippen LogP contribution in [0.4, 0.5) is 0 Å². The van der Waals surface area contributed by atoms with Crippen molar-refractivity contribution in [2.45, 2.75) is 57.8 Å². The second kappa shape index (κ2) is 4.30. The van der Waals surface area contributed by atoms with Gasteiger partial charge in [-0.25, -0.2) is 0 Å². The van der Waals surface area contributed by atoms with E-state index >= 15 is 0 Å². The normalized spacial score (nSPS) is 36.2. The summed E-state index contributed by atoms with van der Waals surface area (Å²) >= 11 is 0. The molecule has 2 unspecified atom stereocenters. The van der Waals surface area contributed by atoms with Crippen molar-refractivity contribution >= 4 is 0 Å². The molecule has 2 fully saturated rings. The van der Waals surface area contributed by atoms with Gasteiger partial charge in [-0.1, -0.05) is 44.3 Å². The Morgan fingerprint density at radius 3 is 2.31 bits per heavy atom. The van der Waals surface area contributed by atoms with E-state index in [2.05, 4.69) is 6.58 Å². The highest BCUT2D eigenvalue weighted by Crippen LogP contribution is 2.40. The Balaban J connectivity index is 1.94. The van der Waals surface area contributed by atoms with Crippen molar-refractivity contribution in [1.82, 2.24) is 0 Å². The minimum atomic E-state index is 1.02. The Labute approximate surface area is 82.4 Å². The first-order chi connectivity index (χ1) is 6.36. The Hall–Kier alpha value is -0.260. The van der Waals surface area contributed by atoms with Crippen LogP contribution in [-0.2, 0) is 0 Å². The molecule has 0 aromatic carbocycles. The number of hydrogen-bond donors (Lipinski definition) is 0. The summed E-state index contributed by atoms with van der Waals surface area (Å²) in [4.78, 5) is 0. The minimum absolute atomic E-state index is 1.02. The van der Waals surface area contributed by atoms with Crippen LogP contribution in [0, 0.1) is 11.8 Å². The highest BCUT2D eigenvalue weighted by Gasteiger charge is 2.26. The SMILES string of the molecule is C=C1CCC2CCCCCCC2C1. The third kappa shape index (κ3) is 2.36. The van der Waals surface area contributed by atoms with Crippen LogP contribution in [0.15, 0.2) is 12.2 Å². The molecule has 0 heterocycles. The summed E-state index contributed by atoms with van der Waals surface area (Å²) in [6.45, 7) is 4.16. The van der Waals surface area contributed by atoms with Crippen LogP contribution in [0.25, 0.3) is 0 Å². The number of hydrogen-bond acceptors (Lipinski definition) is 0. The molecule has 2 aliphatic carbocycles. The van der Waals surface area contributed by atoms with Gasteiger partial charge in [0.05, 0.1) is 0 Å². The molecule has 0 amide bonds. The molecule has 0 N–H and O–H groups in total. The van der Waals surface area contributed by atoms with Gasteiger partial charge in [0.1, 0.15) is 0 Å². The largest absolute Gasteiger partial charge is 0.0999 e. The second-order valence-electron chi connectivity index (χ2n) is 5.00. The van der Waals surface area contributed by atoms with E-state index in [-0.39, 0.29) is 0 Å². The van der Waals surface area contributed by atoms with Gasteiger partial charge in [0.2, 0.25) is 0 Å². The van der Waals surface area contributed by atoms with Crippen LogP contribution >= 0.6 is 0 Å². The quantitative estimate of drug-likeness (QED) is 0.485. The van der Waals surface area contributed by atoms with Gasteiger partial charge in [-0.15, -0.1) is 0 Å². The zero-order valence-electron chi connectivity index (χ0n) is 8.73. The fourth-order valence-corrected chi connectivity index (χ4v) is 3.15. The maximum atomic E-state index is 4.16. The van der Waals surface area contributed by atoms with Crippen molar-refractivity contribution in [1.29, 1.82) is 0 Å². The third-order valence-electron chi connectivity index (χ3n) is 3.99. The Morgan fingerprint density at radius 2 is 1.54 bits per heavy atom. The first-order valence-electron chi connectivity index (χ1n) is 6.03. The Kier molecular flexibility index (Phi) is 3.08. The number of fused-ring (bicyclic) bond motifs is 1. The van der Waals surface area contributed by atoms with Crippen LogP contribution < -0.4 is 0 Å². The average Bonchev–Trinajstić information content (AvgIpc) is 2.08. The molecule has 2 rings (SSSR count). The summed E-state index contributed by atoms with van der Waals surface area (Å²) in [7, 11) is 0. The summed E-state index contributed by atoms with van der Waals surface area (Å²) < 4.78 is 0. The molecule has 0 heteroatoms. The molecule has 0 spiro atoms. The first-order valence-corrected chi connectivity index (χ1v) is 6.03. The molecule has 0 bridgehead atoms. The van der Waals surface area contributed by atoms with Crippen molar-refractivity contribution < 1.29 is 0 Å². The van der Waals surface area contributed by atoms with E-state index in [1.54, 1.807) is 0 Å². The molecule has 2 atom stereocenters. The zero-order valence-corrected chi connectivity index (χ0v) is 8.73. The Morgan fingerprint density at radius 1 is 0.846 bits per heavy atom. The van der Waals surface area contributed by atoms with Crippen molar-refractivity contribution in [3.63, 3.8) is 0 Å². The smallest absolute Gasteiger partial charge is 0.0292 e. The summed E-state index contributed by atoms with van der Waals surface area (Å²) in [6, 6.07) is 0. The fraction of sp³-hybridized carbons (Fsp3) is 0.846. The summed E-state index contributed by atoms with van der Waals surface area (Å²) in [5.41, 5.74) is 1.53. The van der Waals surface area contributed by atoms with Gasteiger partial charge in [0.15, 0.2) is 0 Å². The van der Waals surface area contributed by atoms with Gasteiger partial charge < -0.3 is 0 Å². The second-order valence-corrected chi connectivity index (χ2v) is 5.00. The maximum absolute atomic E-state index is 4.16. The van der Waals surface area contributed by atoms with Crippen LogP contribution in [0.1, 0.15) is 57.8 Å². The molecule has 0 nitrogen and oxygen atoms in total. The monoisotopic (exact) mass is 178 g/mol. The molecule has 74 valence electrons. The number of allylic oxidation sites excluding steroid dienone is 1. The lowest BCUT2D eigenvalue weighted by atomic mass is 9.72. The molecular weight excluding hydrogens is 156 g/mol. The summed E-state index contributed by atoms with van der Waals surface area (Å²) in [6.07, 6.45) is 13.1. The molecule has 0 aromatic rings. The summed E-state index contributed by atoms with van der Waals surface area (Å²) in [5, 5.41) is 0. The van der Waals surface area contributed by atoms with Gasteiger partial charge >= 0.3 is 0 Å². The van der Waals surface area contributed by atoms with E-state index < -0.39 is 0 Å². The lowest BCUT2D eigenvalue weighted by Gasteiger charge is -2.34. The van der Waals surface area contributed by atoms with E-state index in [1.807, 2.05) is 0 Å². The highest BCUT2D eigenvalue weighted by atomic mass is 14.3. The zero-order chi connectivity index (χ0) is 9.10. The first kappa shape index (κ1) is 9.30. The topological polar surface area (TPSA) is 0 Å². The van der Waals surface area contributed by atoms with Crippen LogP contribution in [0.3, 0.4) is 0 Å². The molecule has 2 saturated carbocycles. The van der Waals surface area contributed by atoms with Crippen LogP contribution in [-0.4, -0.2) is 0 Å². The van der Waals surface area contributed by atoms with Gasteiger partial charge in [-0.05, 0) is 37.5 Å². The van der Waals surface area contributed by atoms with Gasteiger partial charge in [-0.2, -0.15) is 0 Å². The molecule has 0 saturated heterocycles. The predicted octanol–water partition coefficient (Wildman–Crippen LogP) is 4.31. The molecule has 2 aliphatic rings. The highest BCUT2D eigenvalue weighted by molar-refractivity contribution is 5.01. The van der Waals surface area contributed by atoms with Gasteiger partial charge in [0.25, 0.3) is 0 Å². The van der Waals surface area contributed by atoms with Gasteiger partial charge in [-0.3, -0.25) is 0 Å². The molecule has 13 heavy (non-hydrogen) atoms. The standard InChI is InChI=1S/C13H22/c1-11-8-9-12-6-4-2-3-5-7-13(12)10-11/h12-13H,1-10H2. The van der Waals surface area contributed by atoms with Crippen LogP contribution in [0.2, 0.25) is 0 Å². The average molecular weight is 178 g/mol. The third-order valence-corrected chi connectivity index (χ3v) is 3.99. The van der Waals surface area contributed by atoms with Crippen LogP contribution in [0.5, 0.6) is 0 Å². The van der Waals surface area contributed by atoms with E-state index in [9.17, 15) is 0 Å². The molecule has 0 aliphatic heterocycles. The number of rotatable bonds is 0. The van der Waals surface area contributed by atoms with Crippen molar-refractivity contribution in [2.75, 3.05) is 0 Å². The Bertz CT molecular complexity index is 180. The maximum Gasteiger partial charge on any atom is -0.0292 e. The van der Waals surface area contributed by atoms with Crippen molar-refractivity contribution in [3.8, 4) is 0 Å². The lowest BCUT2D eigenvalue weighted by molar-refractivity contribution is 0.221. The lowest BCUT2D eigenvalue weighted by Crippen LogP contribution is -2.21. The van der Waals surface area contributed by atoms with E-state index in [0.29, 0.717) is 0 Å². The molecule has 0 aromatic heterocycles. The van der Waals surface area contributed by atoms with E-state index in [4.69, 9.17) is 0 Å². The van der Waals surface area contributed by atoms with Crippen molar-refractivity contribution in [2.24, 2.45) is 11.8 Å². The van der Waals surface area contributed by atoms with Gasteiger partial charge in [0, 0.05) is 0 Å². The summed E-state index contributed by atoms with van der Waals surface area (Å²) in [5.74, 6) is 2.08. The predicted molar refractivity (Wildman–Crippen MR) is 57.7 cm³/mol. The van der Waals surface area contributed by atoms with E-state index in [1.165, 1.54) is 63.4 Å². The molecular formula is C13H22. The van der Waals surface area contributed by atoms with Crippen molar-refractivity contribution in [3.05, 3.63) is 12.2 Å². The minimum Gasteiger partial charge on any atom is -0.0999 e.